The molecule has 0 spiro atoms. The van der Waals surface area contributed by atoms with Gasteiger partial charge in [0.15, 0.2) is 0 Å². The van der Waals surface area contributed by atoms with Crippen LogP contribution >= 0.6 is 0 Å². The number of pyridine rings is 1. The molecule has 0 aliphatic heterocycles. The molecule has 1 aromatic heterocycles. The predicted molar refractivity (Wildman–Crippen MR) is 56.9 cm³/mol. The Bertz CT molecular complexity index is 337. The molecule has 0 atom stereocenters. The van der Waals surface area contributed by atoms with Crippen molar-refractivity contribution in [3.63, 3.8) is 0 Å². The number of aromatic nitrogens is 1. The van der Waals surface area contributed by atoms with Crippen LogP contribution in [0.5, 0.6) is 0 Å². The third-order valence-electron chi connectivity index (χ3n) is 2.17. The van der Waals surface area contributed by atoms with Gasteiger partial charge in [-0.25, -0.2) is 0 Å². The summed E-state index contributed by atoms with van der Waals surface area (Å²) in [6.07, 6.45) is 5.94. The van der Waals surface area contributed by atoms with E-state index >= 15 is 0 Å². The third kappa shape index (κ3) is 2.56. The van der Waals surface area contributed by atoms with E-state index < -0.39 is 0 Å². The quantitative estimate of drug-likeness (QED) is 0.728. The van der Waals surface area contributed by atoms with Crippen LogP contribution in [0.1, 0.15) is 43.5 Å². The molecule has 0 unspecified atom stereocenters. The Morgan fingerprint density at radius 3 is 2.57 bits per heavy atom. The second-order valence-electron chi connectivity index (χ2n) is 3.45. The molecule has 1 rings (SSSR count). The van der Waals surface area contributed by atoms with Gasteiger partial charge in [-0.05, 0) is 24.5 Å². The van der Waals surface area contributed by atoms with Crippen molar-refractivity contribution in [2.45, 2.75) is 39.5 Å². The van der Waals surface area contributed by atoms with Crippen LogP contribution in [0.25, 0.3) is 0 Å². The number of nitrogens with zero attached hydrogens (tertiary/aromatic N) is 2. The molecule has 74 valence electrons. The summed E-state index contributed by atoms with van der Waals surface area (Å²) in [5, 5.41) is 8.95. The molecule has 14 heavy (non-hydrogen) atoms. The fourth-order valence-corrected chi connectivity index (χ4v) is 1.49. The first-order valence-corrected chi connectivity index (χ1v) is 5.19. The first-order valence-electron chi connectivity index (χ1n) is 5.19. The summed E-state index contributed by atoms with van der Waals surface area (Å²) in [5.74, 6) is 0. The van der Waals surface area contributed by atoms with Crippen molar-refractivity contribution in [2.24, 2.45) is 0 Å². The molecule has 0 saturated heterocycles. The highest BCUT2D eigenvalue weighted by molar-refractivity contribution is 5.36. The zero-order chi connectivity index (χ0) is 10.4. The first kappa shape index (κ1) is 10.7. The molecule has 0 aliphatic carbocycles. The van der Waals surface area contributed by atoms with Crippen LogP contribution in [0.2, 0.25) is 0 Å². The molecule has 0 aromatic carbocycles. The zero-order valence-electron chi connectivity index (χ0n) is 8.88. The Balaban J connectivity index is 2.94. The van der Waals surface area contributed by atoms with Gasteiger partial charge in [-0.3, -0.25) is 4.98 Å². The van der Waals surface area contributed by atoms with E-state index in [1.165, 1.54) is 5.56 Å². The molecule has 2 nitrogen and oxygen atoms in total. The van der Waals surface area contributed by atoms with Crippen LogP contribution in [0.3, 0.4) is 0 Å². The summed E-state index contributed by atoms with van der Waals surface area (Å²) in [5.41, 5.74) is 2.86. The van der Waals surface area contributed by atoms with E-state index in [-0.39, 0.29) is 0 Å². The van der Waals surface area contributed by atoms with Gasteiger partial charge in [0.1, 0.15) is 6.07 Å². The fraction of sp³-hybridized carbons (Fsp3) is 0.500. The summed E-state index contributed by atoms with van der Waals surface area (Å²) in [6, 6.07) is 4.19. The maximum Gasteiger partial charge on any atom is 0.101 e. The van der Waals surface area contributed by atoms with Gasteiger partial charge in [-0.15, -0.1) is 0 Å². The highest BCUT2D eigenvalue weighted by Crippen LogP contribution is 2.11. The summed E-state index contributed by atoms with van der Waals surface area (Å²) in [7, 11) is 0. The van der Waals surface area contributed by atoms with E-state index in [4.69, 9.17) is 5.26 Å². The molecule has 0 N–H and O–H groups in total. The summed E-state index contributed by atoms with van der Waals surface area (Å²) < 4.78 is 0. The van der Waals surface area contributed by atoms with Crippen LogP contribution in [-0.4, -0.2) is 4.98 Å². The van der Waals surface area contributed by atoms with Gasteiger partial charge in [0.2, 0.25) is 0 Å². The molecule has 0 radical (unpaired) electrons. The summed E-state index contributed by atoms with van der Waals surface area (Å²) >= 11 is 0. The van der Waals surface area contributed by atoms with Crippen LogP contribution in [0.4, 0.5) is 0 Å². The SMILES string of the molecule is CCCc1cnc(CCC)c(C#N)c1. The van der Waals surface area contributed by atoms with E-state index in [1.807, 2.05) is 12.3 Å². The largest absolute Gasteiger partial charge is 0.260 e. The van der Waals surface area contributed by atoms with Crippen LogP contribution in [-0.2, 0) is 12.8 Å². The lowest BCUT2D eigenvalue weighted by molar-refractivity contribution is 0.860. The Labute approximate surface area is 85.6 Å². The van der Waals surface area contributed by atoms with Gasteiger partial charge >= 0.3 is 0 Å². The standard InChI is InChI=1S/C12H16N2/c1-3-5-10-7-11(8-13)12(6-4-2)14-9-10/h7,9H,3-6H2,1-2H3. The minimum absolute atomic E-state index is 0.748. The van der Waals surface area contributed by atoms with E-state index in [0.29, 0.717) is 0 Å². The summed E-state index contributed by atoms with van der Waals surface area (Å²) in [4.78, 5) is 4.34. The molecule has 2 heteroatoms. The molecule has 0 aliphatic rings. The second kappa shape index (κ2) is 5.39. The lowest BCUT2D eigenvalue weighted by atomic mass is 10.1. The van der Waals surface area contributed by atoms with Crippen molar-refractivity contribution in [3.05, 3.63) is 29.1 Å². The number of rotatable bonds is 4. The van der Waals surface area contributed by atoms with Gasteiger partial charge in [0, 0.05) is 6.20 Å². The van der Waals surface area contributed by atoms with Crippen molar-refractivity contribution in [3.8, 4) is 6.07 Å². The smallest absolute Gasteiger partial charge is 0.101 e. The fourth-order valence-electron chi connectivity index (χ4n) is 1.49. The van der Waals surface area contributed by atoms with Crippen LogP contribution in [0, 0.1) is 11.3 Å². The normalized spacial score (nSPS) is 9.79. The zero-order valence-corrected chi connectivity index (χ0v) is 8.88. The molecule has 0 fully saturated rings. The minimum atomic E-state index is 0.748. The number of hydrogen-bond acceptors (Lipinski definition) is 2. The van der Waals surface area contributed by atoms with E-state index in [1.54, 1.807) is 0 Å². The number of hydrogen-bond donors (Lipinski definition) is 0. The first-order chi connectivity index (χ1) is 6.81. The number of aryl methyl sites for hydroxylation is 2. The Morgan fingerprint density at radius 1 is 1.29 bits per heavy atom. The minimum Gasteiger partial charge on any atom is -0.260 e. The van der Waals surface area contributed by atoms with E-state index in [2.05, 4.69) is 24.9 Å². The summed E-state index contributed by atoms with van der Waals surface area (Å²) in [6.45, 7) is 4.23. The molecule has 0 saturated carbocycles. The van der Waals surface area contributed by atoms with E-state index in [0.717, 1.165) is 36.9 Å². The van der Waals surface area contributed by atoms with Gasteiger partial charge in [0.05, 0.1) is 11.3 Å². The Morgan fingerprint density at radius 2 is 2.00 bits per heavy atom. The van der Waals surface area contributed by atoms with Crippen molar-refractivity contribution < 1.29 is 0 Å². The van der Waals surface area contributed by atoms with Gasteiger partial charge in [-0.2, -0.15) is 5.26 Å². The van der Waals surface area contributed by atoms with Gasteiger partial charge in [-0.1, -0.05) is 26.7 Å². The molecule has 0 bridgehead atoms. The lowest BCUT2D eigenvalue weighted by Crippen LogP contribution is -1.96. The lowest BCUT2D eigenvalue weighted by Gasteiger charge is -2.03. The van der Waals surface area contributed by atoms with Crippen molar-refractivity contribution in [1.82, 2.24) is 4.98 Å². The van der Waals surface area contributed by atoms with Crippen molar-refractivity contribution in [2.75, 3.05) is 0 Å². The van der Waals surface area contributed by atoms with E-state index in [9.17, 15) is 0 Å². The molecular weight excluding hydrogens is 172 g/mol. The van der Waals surface area contributed by atoms with Crippen LogP contribution < -0.4 is 0 Å². The third-order valence-corrected chi connectivity index (χ3v) is 2.17. The second-order valence-corrected chi connectivity index (χ2v) is 3.45. The molecule has 0 amide bonds. The van der Waals surface area contributed by atoms with Crippen LogP contribution in [0.15, 0.2) is 12.3 Å². The van der Waals surface area contributed by atoms with Crippen molar-refractivity contribution in [1.29, 1.82) is 5.26 Å². The Kier molecular flexibility index (Phi) is 4.12. The molecular formula is C12H16N2. The topological polar surface area (TPSA) is 36.7 Å². The van der Waals surface area contributed by atoms with Gasteiger partial charge in [0.25, 0.3) is 0 Å². The highest BCUT2D eigenvalue weighted by Gasteiger charge is 2.03. The molecule has 1 heterocycles. The average Bonchev–Trinajstić information content (AvgIpc) is 2.21. The molecule has 1 aromatic rings. The highest BCUT2D eigenvalue weighted by atomic mass is 14.7. The van der Waals surface area contributed by atoms with Gasteiger partial charge < -0.3 is 0 Å². The maximum absolute atomic E-state index is 8.95. The Hall–Kier alpha value is -1.36. The number of nitriles is 1. The maximum atomic E-state index is 8.95. The van der Waals surface area contributed by atoms with Crippen molar-refractivity contribution >= 4 is 0 Å². The predicted octanol–water partition coefficient (Wildman–Crippen LogP) is 2.86. The average molecular weight is 188 g/mol. The monoisotopic (exact) mass is 188 g/mol.